The summed E-state index contributed by atoms with van der Waals surface area (Å²) in [5.41, 5.74) is 1.08. The van der Waals surface area contributed by atoms with Crippen molar-refractivity contribution in [2.75, 3.05) is 12.4 Å². The summed E-state index contributed by atoms with van der Waals surface area (Å²) in [6.45, 7) is -2.73. The normalized spacial score (nSPS) is 10.5. The number of anilines is 1. The van der Waals surface area contributed by atoms with Gasteiger partial charge in [0.15, 0.2) is 23.1 Å². The van der Waals surface area contributed by atoms with E-state index < -0.39 is 12.5 Å². The van der Waals surface area contributed by atoms with Gasteiger partial charge in [0.2, 0.25) is 0 Å². The Bertz CT molecular complexity index is 971. The number of nitrogens with zero attached hydrogens (tertiary/aromatic N) is 2. The highest BCUT2D eigenvalue weighted by atomic mass is 19.3. The predicted octanol–water partition coefficient (Wildman–Crippen LogP) is 3.92. The topological polar surface area (TPSA) is 82.6 Å². The molecule has 2 heterocycles. The maximum Gasteiger partial charge on any atom is 0.387 e. The minimum absolute atomic E-state index is 0.00753. The number of alkyl halides is 2. The van der Waals surface area contributed by atoms with Gasteiger partial charge in [0.25, 0.3) is 5.91 Å². The van der Waals surface area contributed by atoms with Crippen molar-refractivity contribution in [3.63, 3.8) is 0 Å². The Hall–Kier alpha value is -3.75. The van der Waals surface area contributed by atoms with Crippen LogP contribution in [-0.2, 0) is 6.61 Å². The first-order chi connectivity index (χ1) is 14.1. The van der Waals surface area contributed by atoms with Gasteiger partial charge in [-0.1, -0.05) is 0 Å². The number of benzene rings is 1. The maximum absolute atomic E-state index is 12.6. The van der Waals surface area contributed by atoms with Crippen molar-refractivity contribution in [3.8, 4) is 17.2 Å². The summed E-state index contributed by atoms with van der Waals surface area (Å²) in [7, 11) is 1.29. The van der Waals surface area contributed by atoms with Crippen LogP contribution in [0.25, 0.3) is 0 Å². The van der Waals surface area contributed by atoms with Gasteiger partial charge in [-0.05, 0) is 48.0 Å². The Morgan fingerprint density at radius 3 is 2.59 bits per heavy atom. The van der Waals surface area contributed by atoms with Crippen LogP contribution >= 0.6 is 0 Å². The molecule has 0 unspecified atom stereocenters. The maximum atomic E-state index is 12.6. The fourth-order valence-corrected chi connectivity index (χ4v) is 2.42. The molecule has 3 aromatic rings. The molecule has 0 atom stereocenters. The van der Waals surface area contributed by atoms with Crippen molar-refractivity contribution in [1.82, 2.24) is 9.97 Å². The van der Waals surface area contributed by atoms with Crippen molar-refractivity contribution >= 4 is 11.7 Å². The lowest BCUT2D eigenvalue weighted by Gasteiger charge is -2.13. The molecule has 0 fully saturated rings. The van der Waals surface area contributed by atoms with E-state index in [0.29, 0.717) is 5.75 Å². The Morgan fingerprint density at radius 2 is 1.86 bits per heavy atom. The van der Waals surface area contributed by atoms with E-state index in [1.807, 2.05) is 12.1 Å². The zero-order chi connectivity index (χ0) is 20.6. The van der Waals surface area contributed by atoms with Crippen molar-refractivity contribution in [1.29, 1.82) is 0 Å². The van der Waals surface area contributed by atoms with Crippen LogP contribution in [0.4, 0.5) is 14.6 Å². The monoisotopic (exact) mass is 401 g/mol. The van der Waals surface area contributed by atoms with E-state index in [0.717, 1.165) is 5.56 Å². The van der Waals surface area contributed by atoms with Gasteiger partial charge in [-0.2, -0.15) is 8.78 Å². The molecule has 0 aliphatic heterocycles. The third-order valence-corrected chi connectivity index (χ3v) is 3.79. The van der Waals surface area contributed by atoms with Gasteiger partial charge in [0, 0.05) is 24.2 Å². The number of pyridine rings is 2. The van der Waals surface area contributed by atoms with Gasteiger partial charge in [0.1, 0.15) is 6.61 Å². The molecular formula is C20H17F2N3O4. The van der Waals surface area contributed by atoms with Crippen LogP contribution in [-0.4, -0.2) is 29.6 Å². The number of hydrogen-bond donors (Lipinski definition) is 1. The van der Waals surface area contributed by atoms with Crippen molar-refractivity contribution in [3.05, 3.63) is 72.2 Å². The fraction of sp³-hybridized carbons (Fsp3) is 0.150. The van der Waals surface area contributed by atoms with Crippen LogP contribution in [0.15, 0.2) is 61.1 Å². The van der Waals surface area contributed by atoms with Crippen molar-refractivity contribution in [2.45, 2.75) is 13.2 Å². The second-order valence-electron chi connectivity index (χ2n) is 5.69. The standard InChI is InChI=1S/C20H17F2N3O4/c1-27-17-11-14(4-5-15(17)29-20(21)22)19(26)25-18-16(3-2-8-24-18)28-12-13-6-9-23-10-7-13/h2-11,20H,12H2,1H3,(H,24,25,26). The second kappa shape index (κ2) is 9.45. The zero-order valence-electron chi connectivity index (χ0n) is 15.3. The van der Waals surface area contributed by atoms with Crippen molar-refractivity contribution < 1.29 is 27.8 Å². The summed E-state index contributed by atoms with van der Waals surface area (Å²) in [4.78, 5) is 20.7. The average molecular weight is 401 g/mol. The van der Waals surface area contributed by atoms with Gasteiger partial charge in [0.05, 0.1) is 7.11 Å². The smallest absolute Gasteiger partial charge is 0.387 e. The predicted molar refractivity (Wildman–Crippen MR) is 100 cm³/mol. The summed E-state index contributed by atoms with van der Waals surface area (Å²) < 4.78 is 40.0. The lowest BCUT2D eigenvalue weighted by atomic mass is 10.2. The number of nitrogens with one attached hydrogen (secondary N) is 1. The molecule has 3 rings (SSSR count). The first kappa shape index (κ1) is 20.0. The summed E-state index contributed by atoms with van der Waals surface area (Å²) in [5.74, 6) is -0.0774. The van der Waals surface area contributed by atoms with Crippen LogP contribution < -0.4 is 19.5 Å². The molecule has 0 bridgehead atoms. The molecule has 150 valence electrons. The van der Waals surface area contributed by atoms with E-state index in [2.05, 4.69) is 20.0 Å². The molecule has 1 amide bonds. The molecule has 0 saturated heterocycles. The van der Waals surface area contributed by atoms with E-state index in [1.165, 1.54) is 31.5 Å². The highest BCUT2D eigenvalue weighted by molar-refractivity contribution is 6.04. The quantitative estimate of drug-likeness (QED) is 0.616. The molecule has 2 aromatic heterocycles. The SMILES string of the molecule is COc1cc(C(=O)Nc2ncccc2OCc2ccncc2)ccc1OC(F)F. The van der Waals surface area contributed by atoms with E-state index in [4.69, 9.17) is 9.47 Å². The number of halogens is 2. The number of amides is 1. The van der Waals surface area contributed by atoms with Crippen molar-refractivity contribution in [2.24, 2.45) is 0 Å². The molecule has 0 saturated carbocycles. The van der Waals surface area contributed by atoms with E-state index in [9.17, 15) is 13.6 Å². The zero-order valence-corrected chi connectivity index (χ0v) is 15.3. The highest BCUT2D eigenvalue weighted by Crippen LogP contribution is 2.30. The van der Waals surface area contributed by atoms with E-state index in [1.54, 1.807) is 24.5 Å². The Balaban J connectivity index is 1.74. The second-order valence-corrected chi connectivity index (χ2v) is 5.69. The van der Waals surface area contributed by atoms with Crippen LogP contribution in [0, 0.1) is 0 Å². The van der Waals surface area contributed by atoms with Gasteiger partial charge >= 0.3 is 6.61 Å². The summed E-state index contributed by atoms with van der Waals surface area (Å²) in [6, 6.07) is 10.8. The lowest BCUT2D eigenvalue weighted by Crippen LogP contribution is -2.14. The summed E-state index contributed by atoms with van der Waals surface area (Å²) in [5, 5.41) is 2.64. The fourth-order valence-electron chi connectivity index (χ4n) is 2.42. The van der Waals surface area contributed by atoms with Gasteiger partial charge < -0.3 is 19.5 Å². The Morgan fingerprint density at radius 1 is 1.07 bits per heavy atom. The number of methoxy groups -OCH3 is 1. The average Bonchev–Trinajstić information content (AvgIpc) is 2.73. The number of ether oxygens (including phenoxy) is 3. The molecule has 1 aromatic carbocycles. The molecular weight excluding hydrogens is 384 g/mol. The third-order valence-electron chi connectivity index (χ3n) is 3.79. The summed E-state index contributed by atoms with van der Waals surface area (Å²) >= 11 is 0. The van der Waals surface area contributed by atoms with Gasteiger partial charge in [-0.15, -0.1) is 0 Å². The number of carbonyl (C=O) groups excluding carboxylic acids is 1. The third kappa shape index (κ3) is 5.38. The minimum atomic E-state index is -3.00. The molecule has 9 heteroatoms. The number of aromatic nitrogens is 2. The molecule has 0 radical (unpaired) electrons. The Labute approximate surface area is 165 Å². The summed E-state index contributed by atoms with van der Waals surface area (Å²) in [6.07, 6.45) is 4.81. The van der Waals surface area contributed by atoms with Crippen LogP contribution in [0.5, 0.6) is 17.2 Å². The van der Waals surface area contributed by atoms with Gasteiger partial charge in [-0.25, -0.2) is 4.98 Å². The van der Waals surface area contributed by atoms with Gasteiger partial charge in [-0.3, -0.25) is 9.78 Å². The van der Waals surface area contributed by atoms with Crippen LogP contribution in [0.3, 0.4) is 0 Å². The number of carbonyl (C=O) groups is 1. The molecule has 29 heavy (non-hydrogen) atoms. The largest absolute Gasteiger partial charge is 0.493 e. The molecule has 0 aliphatic rings. The number of rotatable bonds is 8. The Kier molecular flexibility index (Phi) is 6.51. The van der Waals surface area contributed by atoms with Crippen LogP contribution in [0.2, 0.25) is 0 Å². The molecule has 1 N–H and O–H groups in total. The highest BCUT2D eigenvalue weighted by Gasteiger charge is 2.16. The van der Waals surface area contributed by atoms with E-state index >= 15 is 0 Å². The first-order valence-electron chi connectivity index (χ1n) is 8.47. The van der Waals surface area contributed by atoms with Crippen LogP contribution in [0.1, 0.15) is 15.9 Å². The number of hydrogen-bond acceptors (Lipinski definition) is 6. The van der Waals surface area contributed by atoms with E-state index in [-0.39, 0.29) is 29.5 Å². The molecule has 7 nitrogen and oxygen atoms in total. The molecule has 0 aliphatic carbocycles. The first-order valence-corrected chi connectivity index (χ1v) is 8.47. The molecule has 0 spiro atoms. The lowest BCUT2D eigenvalue weighted by molar-refractivity contribution is -0.0512. The minimum Gasteiger partial charge on any atom is -0.493 e.